The second kappa shape index (κ2) is 11.9. The highest BCUT2D eigenvalue weighted by atomic mass is 35.5. The van der Waals surface area contributed by atoms with Crippen LogP contribution in [0.25, 0.3) is 10.9 Å². The molecule has 1 saturated heterocycles. The zero-order valence-electron chi connectivity index (χ0n) is 23.4. The smallest absolute Gasteiger partial charge is 0.350 e. The predicted molar refractivity (Wildman–Crippen MR) is 157 cm³/mol. The molecule has 4 N–H and O–H groups in total. The fourth-order valence-corrected chi connectivity index (χ4v) is 6.55. The number of hydrogen-bond donors (Lipinski definition) is 3. The van der Waals surface area contributed by atoms with Gasteiger partial charge >= 0.3 is 11.9 Å². The van der Waals surface area contributed by atoms with Gasteiger partial charge < -0.3 is 16.0 Å². The van der Waals surface area contributed by atoms with Crippen LogP contribution in [0.15, 0.2) is 38.8 Å². The Hall–Kier alpha value is -2.91. The van der Waals surface area contributed by atoms with Gasteiger partial charge in [0.1, 0.15) is 0 Å². The van der Waals surface area contributed by atoms with Gasteiger partial charge in [-0.3, -0.25) is 19.1 Å². The molecule has 0 saturated carbocycles. The monoisotopic (exact) mass is 663 g/mol. The third kappa shape index (κ3) is 6.93. The summed E-state index contributed by atoms with van der Waals surface area (Å²) in [6, 6.07) is 4.15. The molecule has 1 fully saturated rings. The van der Waals surface area contributed by atoms with Crippen LogP contribution in [0.2, 0.25) is 10.0 Å². The van der Waals surface area contributed by atoms with Crippen molar-refractivity contribution < 1.29 is 26.4 Å². The summed E-state index contributed by atoms with van der Waals surface area (Å²) in [7, 11) is -3.79. The number of aromatic amines is 1. The maximum atomic E-state index is 14.3. The lowest BCUT2D eigenvalue weighted by molar-refractivity contribution is -0.138. The molecular formula is C27H30Cl2F3N5O5S. The molecule has 0 unspecified atom stereocenters. The standard InChI is InChI=1S/C27H30Cl2F3N5O5S/c1-4-43(41,42)20-6-5-15(28)9-14(20)11-37-23(38)17-10-19(27(30,31)32)18(21(29)22(17)35-25(37)40)13-36-8-7-16(12-36)34-24(39)26(2,3)33/h5-6,9-10,16H,4,7-8,11-13,33H2,1-3H3,(H,34,39)(H,35,40)/t16-/m1/s1. The summed E-state index contributed by atoms with van der Waals surface area (Å²) >= 11 is 12.5. The molecule has 1 atom stereocenters. The first-order valence-corrected chi connectivity index (χ1v) is 15.6. The third-order valence-corrected chi connectivity index (χ3v) is 9.75. The van der Waals surface area contributed by atoms with Crippen molar-refractivity contribution in [3.05, 3.63) is 71.8 Å². The minimum absolute atomic E-state index is 0.0220. The number of H-pyrrole nitrogens is 1. The van der Waals surface area contributed by atoms with E-state index in [1.165, 1.54) is 39.0 Å². The van der Waals surface area contributed by atoms with Crippen molar-refractivity contribution in [1.29, 1.82) is 0 Å². The third-order valence-electron chi connectivity index (χ3n) is 7.27. The molecule has 4 rings (SSSR count). The van der Waals surface area contributed by atoms with E-state index in [2.05, 4.69) is 10.3 Å². The first-order valence-electron chi connectivity index (χ1n) is 13.2. The van der Waals surface area contributed by atoms with Crippen molar-refractivity contribution >= 4 is 49.8 Å². The number of amides is 1. The van der Waals surface area contributed by atoms with E-state index in [0.29, 0.717) is 23.6 Å². The van der Waals surface area contributed by atoms with Gasteiger partial charge in [0, 0.05) is 30.7 Å². The fraction of sp³-hybridized carbons (Fsp3) is 0.444. The van der Waals surface area contributed by atoms with Crippen LogP contribution in [0, 0.1) is 0 Å². The van der Waals surface area contributed by atoms with E-state index < -0.39 is 61.2 Å². The number of rotatable bonds is 8. The minimum Gasteiger partial charge on any atom is -0.350 e. The predicted octanol–water partition coefficient (Wildman–Crippen LogP) is 3.29. The molecule has 1 aliphatic heterocycles. The summed E-state index contributed by atoms with van der Waals surface area (Å²) in [6.07, 6.45) is -4.44. The van der Waals surface area contributed by atoms with Crippen LogP contribution in [0.3, 0.4) is 0 Å². The van der Waals surface area contributed by atoms with Crippen molar-refractivity contribution in [2.45, 2.75) is 62.9 Å². The van der Waals surface area contributed by atoms with Gasteiger partial charge in [-0.25, -0.2) is 13.2 Å². The number of fused-ring (bicyclic) bond motifs is 1. The summed E-state index contributed by atoms with van der Waals surface area (Å²) in [5, 5.41) is 1.98. The Morgan fingerprint density at radius 1 is 1.16 bits per heavy atom. The van der Waals surface area contributed by atoms with Crippen molar-refractivity contribution in [1.82, 2.24) is 19.8 Å². The van der Waals surface area contributed by atoms with Crippen molar-refractivity contribution in [2.24, 2.45) is 5.73 Å². The van der Waals surface area contributed by atoms with Crippen molar-refractivity contribution in [3.8, 4) is 0 Å². The van der Waals surface area contributed by atoms with Gasteiger partial charge in [0.25, 0.3) is 5.56 Å². The van der Waals surface area contributed by atoms with E-state index in [9.17, 15) is 36.0 Å². The Labute approximate surface area is 254 Å². The van der Waals surface area contributed by atoms with Crippen LogP contribution in [-0.2, 0) is 33.9 Å². The SMILES string of the molecule is CCS(=O)(=O)c1ccc(Cl)cc1Cn1c(=O)[nH]c2c(Cl)c(CN3CC[C@@H](NC(=O)C(C)(C)N)C3)c(C(F)(F)F)cc2c1=O. The van der Waals surface area contributed by atoms with Gasteiger partial charge in [0.2, 0.25) is 5.91 Å². The van der Waals surface area contributed by atoms with E-state index in [-0.39, 0.29) is 51.4 Å². The number of hydrogen-bond acceptors (Lipinski definition) is 7. The van der Waals surface area contributed by atoms with Gasteiger partial charge in [0.15, 0.2) is 9.84 Å². The molecular weight excluding hydrogens is 634 g/mol. The summed E-state index contributed by atoms with van der Waals surface area (Å²) in [4.78, 5) is 42.7. The van der Waals surface area contributed by atoms with Gasteiger partial charge in [-0.2, -0.15) is 13.2 Å². The number of sulfone groups is 1. The van der Waals surface area contributed by atoms with Gasteiger partial charge in [-0.15, -0.1) is 0 Å². The van der Waals surface area contributed by atoms with Crippen LogP contribution in [-0.4, -0.2) is 59.2 Å². The molecule has 43 heavy (non-hydrogen) atoms. The van der Waals surface area contributed by atoms with E-state index >= 15 is 0 Å². The average Bonchev–Trinajstić information content (AvgIpc) is 3.33. The van der Waals surface area contributed by atoms with Crippen LogP contribution >= 0.6 is 23.2 Å². The van der Waals surface area contributed by atoms with Gasteiger partial charge in [-0.1, -0.05) is 30.1 Å². The first kappa shape index (κ1) is 33.0. The largest absolute Gasteiger partial charge is 0.416 e. The molecule has 0 aliphatic carbocycles. The molecule has 234 valence electrons. The quantitative estimate of drug-likeness (QED) is 0.335. The van der Waals surface area contributed by atoms with Crippen LogP contribution in [0.1, 0.15) is 43.9 Å². The molecule has 0 bridgehead atoms. The molecule has 2 aromatic carbocycles. The minimum atomic E-state index is -4.91. The van der Waals surface area contributed by atoms with E-state index in [4.69, 9.17) is 28.9 Å². The highest BCUT2D eigenvalue weighted by molar-refractivity contribution is 7.91. The van der Waals surface area contributed by atoms with Gasteiger partial charge in [-0.05, 0) is 55.7 Å². The second-order valence-electron chi connectivity index (χ2n) is 11.0. The zero-order chi connectivity index (χ0) is 32.1. The van der Waals surface area contributed by atoms with Crippen LogP contribution in [0.5, 0.6) is 0 Å². The molecule has 3 aromatic rings. The van der Waals surface area contributed by atoms with Gasteiger partial charge in [0.05, 0.1) is 44.2 Å². The zero-order valence-corrected chi connectivity index (χ0v) is 25.8. The fourth-order valence-electron chi connectivity index (χ4n) is 4.93. The number of likely N-dealkylation sites (tertiary alicyclic amines) is 1. The highest BCUT2D eigenvalue weighted by Gasteiger charge is 2.37. The molecule has 0 spiro atoms. The first-order chi connectivity index (χ1) is 19.8. The summed E-state index contributed by atoms with van der Waals surface area (Å²) in [5.74, 6) is -0.669. The number of nitrogens with two attached hydrogens (primary N) is 1. The molecule has 2 heterocycles. The summed E-state index contributed by atoms with van der Waals surface area (Å²) in [5.41, 5.74) is 0.836. The van der Waals surface area contributed by atoms with Crippen LogP contribution in [0.4, 0.5) is 13.2 Å². The van der Waals surface area contributed by atoms with E-state index in [1.807, 2.05) is 0 Å². The van der Waals surface area contributed by atoms with Crippen molar-refractivity contribution in [2.75, 3.05) is 18.8 Å². The molecule has 16 heteroatoms. The topological polar surface area (TPSA) is 147 Å². The second-order valence-corrected chi connectivity index (χ2v) is 14.1. The van der Waals surface area contributed by atoms with E-state index in [1.54, 1.807) is 4.90 Å². The average molecular weight is 665 g/mol. The molecule has 1 amide bonds. The number of carbonyl (C=O) groups is 1. The summed E-state index contributed by atoms with van der Waals surface area (Å²) < 4.78 is 68.8. The molecule has 1 aliphatic rings. The lowest BCUT2D eigenvalue weighted by Crippen LogP contribution is -2.52. The number of benzene rings is 2. The number of carbonyl (C=O) groups excluding carboxylic acids is 1. The number of aromatic nitrogens is 2. The normalized spacial score (nSPS) is 16.6. The molecule has 10 nitrogen and oxygen atoms in total. The Morgan fingerprint density at radius 2 is 1.84 bits per heavy atom. The number of nitrogens with zero attached hydrogens (tertiary/aromatic N) is 2. The summed E-state index contributed by atoms with van der Waals surface area (Å²) in [6.45, 7) is 4.23. The number of alkyl halides is 3. The number of halogens is 5. The highest BCUT2D eigenvalue weighted by Crippen LogP contribution is 2.39. The molecule has 1 aromatic heterocycles. The Balaban J connectivity index is 1.77. The Kier molecular flexibility index (Phi) is 9.12. The molecule has 0 radical (unpaired) electrons. The number of nitrogens with one attached hydrogen (secondary N) is 2. The Morgan fingerprint density at radius 3 is 2.44 bits per heavy atom. The Bertz CT molecular complexity index is 1820. The lowest BCUT2D eigenvalue weighted by Gasteiger charge is -2.23. The maximum absolute atomic E-state index is 14.3. The lowest BCUT2D eigenvalue weighted by atomic mass is 10.0. The van der Waals surface area contributed by atoms with E-state index in [0.717, 1.165) is 0 Å². The maximum Gasteiger partial charge on any atom is 0.416 e. The van der Waals surface area contributed by atoms with Crippen molar-refractivity contribution in [3.63, 3.8) is 0 Å². The van der Waals surface area contributed by atoms with Crippen LogP contribution < -0.4 is 22.3 Å².